The molecule has 0 saturated heterocycles. The van der Waals surface area contributed by atoms with Crippen LogP contribution in [-0.4, -0.2) is 29.7 Å². The standard InChI is InChI=1S/C12H16BrF3N2S/c1-7(17)11(10-4-8(13)5-19-10)18(9-2-3-9)6-12(14,15)16/h4-5,7,9,11H,2-3,6,17H2,1H3. The minimum absolute atomic E-state index is 0.0125. The van der Waals surface area contributed by atoms with Gasteiger partial charge < -0.3 is 5.73 Å². The molecule has 1 fully saturated rings. The van der Waals surface area contributed by atoms with Crippen molar-refractivity contribution in [3.05, 3.63) is 20.8 Å². The molecule has 0 radical (unpaired) electrons. The molecule has 1 aromatic rings. The fourth-order valence-electron chi connectivity index (χ4n) is 2.28. The van der Waals surface area contributed by atoms with E-state index in [1.807, 2.05) is 11.4 Å². The summed E-state index contributed by atoms with van der Waals surface area (Å²) in [6.07, 6.45) is -2.54. The van der Waals surface area contributed by atoms with Gasteiger partial charge in [-0.2, -0.15) is 13.2 Å². The van der Waals surface area contributed by atoms with Gasteiger partial charge in [0.2, 0.25) is 0 Å². The number of rotatable bonds is 5. The van der Waals surface area contributed by atoms with Crippen molar-refractivity contribution in [3.8, 4) is 0 Å². The summed E-state index contributed by atoms with van der Waals surface area (Å²) in [5, 5.41) is 1.88. The maximum Gasteiger partial charge on any atom is 0.401 e. The van der Waals surface area contributed by atoms with Gasteiger partial charge in [0.15, 0.2) is 0 Å². The van der Waals surface area contributed by atoms with E-state index in [4.69, 9.17) is 5.73 Å². The van der Waals surface area contributed by atoms with Gasteiger partial charge in [-0.15, -0.1) is 11.3 Å². The Kier molecular flexibility index (Phi) is 4.59. The van der Waals surface area contributed by atoms with Crippen LogP contribution in [0.2, 0.25) is 0 Å². The van der Waals surface area contributed by atoms with Gasteiger partial charge in [-0.3, -0.25) is 4.90 Å². The lowest BCUT2D eigenvalue weighted by Gasteiger charge is -2.34. The molecular weight excluding hydrogens is 341 g/mol. The second kappa shape index (κ2) is 5.71. The predicted octanol–water partition coefficient (Wildman–Crippen LogP) is 3.93. The van der Waals surface area contributed by atoms with Gasteiger partial charge in [0, 0.05) is 26.8 Å². The lowest BCUT2D eigenvalue weighted by molar-refractivity contribution is -0.153. The Bertz CT molecular complexity index is 429. The first kappa shape index (κ1) is 15.3. The number of nitrogens with zero attached hydrogens (tertiary/aromatic N) is 1. The highest BCUT2D eigenvalue weighted by molar-refractivity contribution is 9.10. The highest BCUT2D eigenvalue weighted by Gasteiger charge is 2.43. The average Bonchev–Trinajstić information content (AvgIpc) is 3.00. The van der Waals surface area contributed by atoms with Crippen molar-refractivity contribution in [2.75, 3.05) is 6.54 Å². The second-order valence-corrected chi connectivity index (χ2v) is 6.85. The smallest absolute Gasteiger partial charge is 0.326 e. The van der Waals surface area contributed by atoms with Gasteiger partial charge in [0.1, 0.15) is 0 Å². The molecule has 0 aromatic carbocycles. The third kappa shape index (κ3) is 4.18. The van der Waals surface area contributed by atoms with E-state index in [1.165, 1.54) is 16.2 Å². The summed E-state index contributed by atoms with van der Waals surface area (Å²) in [5.41, 5.74) is 5.95. The van der Waals surface area contributed by atoms with Gasteiger partial charge in [-0.25, -0.2) is 0 Å². The van der Waals surface area contributed by atoms with E-state index in [9.17, 15) is 13.2 Å². The summed E-state index contributed by atoms with van der Waals surface area (Å²) >= 11 is 4.79. The van der Waals surface area contributed by atoms with Crippen LogP contribution < -0.4 is 5.73 Å². The van der Waals surface area contributed by atoms with Crippen molar-refractivity contribution in [3.63, 3.8) is 0 Å². The topological polar surface area (TPSA) is 29.3 Å². The summed E-state index contributed by atoms with van der Waals surface area (Å²) in [5.74, 6) is 0. The van der Waals surface area contributed by atoms with E-state index in [0.717, 1.165) is 22.2 Å². The molecule has 1 saturated carbocycles. The minimum atomic E-state index is -4.19. The molecule has 19 heavy (non-hydrogen) atoms. The monoisotopic (exact) mass is 356 g/mol. The van der Waals surface area contributed by atoms with Crippen LogP contribution in [0.5, 0.6) is 0 Å². The molecule has 1 aliphatic carbocycles. The molecule has 0 aliphatic heterocycles. The zero-order valence-electron chi connectivity index (χ0n) is 10.5. The Labute approximate surface area is 122 Å². The summed E-state index contributed by atoms with van der Waals surface area (Å²) in [4.78, 5) is 2.40. The number of alkyl halides is 3. The molecule has 1 aliphatic rings. The largest absolute Gasteiger partial charge is 0.401 e. The molecule has 1 heterocycles. The Morgan fingerprint density at radius 3 is 2.53 bits per heavy atom. The Hall–Kier alpha value is -0.110. The molecule has 2 unspecified atom stereocenters. The number of thiophene rings is 1. The summed E-state index contributed by atoms with van der Waals surface area (Å²) in [6, 6.07) is 1.17. The SMILES string of the molecule is CC(N)C(c1cc(Br)cs1)N(CC(F)(F)F)C1CC1. The van der Waals surface area contributed by atoms with Crippen LogP contribution in [-0.2, 0) is 0 Å². The van der Waals surface area contributed by atoms with Crippen LogP contribution in [0, 0.1) is 0 Å². The van der Waals surface area contributed by atoms with Crippen molar-refractivity contribution >= 4 is 27.3 Å². The molecule has 2 N–H and O–H groups in total. The molecule has 0 spiro atoms. The van der Waals surface area contributed by atoms with Gasteiger partial charge in [-0.05, 0) is 41.8 Å². The van der Waals surface area contributed by atoms with Gasteiger partial charge in [0.25, 0.3) is 0 Å². The first-order chi connectivity index (χ1) is 8.78. The first-order valence-electron chi connectivity index (χ1n) is 6.10. The normalized spacial score (nSPS) is 19.7. The second-order valence-electron chi connectivity index (χ2n) is 4.99. The van der Waals surface area contributed by atoms with Gasteiger partial charge in [0.05, 0.1) is 12.6 Å². The molecule has 0 bridgehead atoms. The molecule has 2 nitrogen and oxygen atoms in total. The van der Waals surface area contributed by atoms with Crippen molar-refractivity contribution < 1.29 is 13.2 Å². The van der Waals surface area contributed by atoms with E-state index < -0.39 is 12.7 Å². The molecule has 0 amide bonds. The van der Waals surface area contributed by atoms with Crippen LogP contribution >= 0.6 is 27.3 Å². The molecule has 2 atom stereocenters. The number of nitrogens with two attached hydrogens (primary N) is 1. The fourth-order valence-corrected chi connectivity index (χ4v) is 3.96. The van der Waals surface area contributed by atoms with Crippen molar-refractivity contribution in [1.82, 2.24) is 4.90 Å². The molecular formula is C12H16BrF3N2S. The maximum absolute atomic E-state index is 12.8. The van der Waals surface area contributed by atoms with Crippen molar-refractivity contribution in [2.24, 2.45) is 5.73 Å². The van der Waals surface area contributed by atoms with Gasteiger partial charge >= 0.3 is 6.18 Å². The molecule has 2 rings (SSSR count). The van der Waals surface area contributed by atoms with E-state index in [0.29, 0.717) is 0 Å². The highest BCUT2D eigenvalue weighted by Crippen LogP contribution is 2.40. The number of hydrogen-bond donors (Lipinski definition) is 1. The van der Waals surface area contributed by atoms with Crippen LogP contribution in [0.25, 0.3) is 0 Å². The van der Waals surface area contributed by atoms with E-state index in [1.54, 1.807) is 6.92 Å². The lowest BCUT2D eigenvalue weighted by atomic mass is 10.1. The first-order valence-corrected chi connectivity index (χ1v) is 7.77. The fraction of sp³-hybridized carbons (Fsp3) is 0.667. The highest BCUT2D eigenvalue weighted by atomic mass is 79.9. The molecule has 7 heteroatoms. The average molecular weight is 357 g/mol. The maximum atomic E-state index is 12.8. The third-order valence-electron chi connectivity index (χ3n) is 3.11. The zero-order valence-corrected chi connectivity index (χ0v) is 12.9. The van der Waals surface area contributed by atoms with Crippen LogP contribution in [0.3, 0.4) is 0 Å². The molecule has 1 aromatic heterocycles. The Balaban J connectivity index is 2.24. The van der Waals surface area contributed by atoms with Crippen LogP contribution in [0.15, 0.2) is 15.9 Å². The Morgan fingerprint density at radius 2 is 2.16 bits per heavy atom. The number of halogens is 4. The summed E-state index contributed by atoms with van der Waals surface area (Å²) in [7, 11) is 0. The summed E-state index contributed by atoms with van der Waals surface area (Å²) in [6.45, 7) is 0.878. The zero-order chi connectivity index (χ0) is 14.2. The minimum Gasteiger partial charge on any atom is -0.326 e. The van der Waals surface area contributed by atoms with Crippen molar-refractivity contribution in [1.29, 1.82) is 0 Å². The summed E-state index contributed by atoms with van der Waals surface area (Å²) < 4.78 is 39.1. The van der Waals surface area contributed by atoms with E-state index in [2.05, 4.69) is 15.9 Å². The quantitative estimate of drug-likeness (QED) is 0.865. The van der Waals surface area contributed by atoms with E-state index in [-0.39, 0.29) is 18.1 Å². The van der Waals surface area contributed by atoms with Crippen molar-refractivity contribution in [2.45, 2.75) is 44.1 Å². The van der Waals surface area contributed by atoms with Crippen LogP contribution in [0.1, 0.15) is 30.7 Å². The third-order valence-corrected chi connectivity index (χ3v) is 4.88. The van der Waals surface area contributed by atoms with Gasteiger partial charge in [-0.1, -0.05) is 0 Å². The molecule has 108 valence electrons. The van der Waals surface area contributed by atoms with E-state index >= 15 is 0 Å². The number of hydrogen-bond acceptors (Lipinski definition) is 3. The lowest BCUT2D eigenvalue weighted by Crippen LogP contribution is -2.44. The Morgan fingerprint density at radius 1 is 1.53 bits per heavy atom. The van der Waals surface area contributed by atoms with Crippen LogP contribution in [0.4, 0.5) is 13.2 Å². The predicted molar refractivity (Wildman–Crippen MR) is 74.2 cm³/mol.